The van der Waals surface area contributed by atoms with E-state index in [0.29, 0.717) is 31.0 Å². The minimum Gasteiger partial charge on any atom is -0.494 e. The Morgan fingerprint density at radius 2 is 1.89 bits per heavy atom. The van der Waals surface area contributed by atoms with Crippen molar-refractivity contribution in [3.8, 4) is 5.75 Å². The zero-order valence-electron chi connectivity index (χ0n) is 16.6. The molecule has 2 aromatic carbocycles. The van der Waals surface area contributed by atoms with Crippen molar-refractivity contribution in [3.05, 3.63) is 64.7 Å². The molecule has 0 aliphatic carbocycles. The zero-order valence-corrected chi connectivity index (χ0v) is 17.3. The van der Waals surface area contributed by atoms with Crippen LogP contribution >= 0.6 is 11.6 Å². The lowest BCUT2D eigenvalue weighted by Gasteiger charge is -2.28. The molecule has 0 aliphatic heterocycles. The number of ether oxygens (including phenoxy) is 1. The SMILES string of the molecule is CNC(=O)[C@@H](C)N(Cc1cccc(Cl)c1)C(=O)CCCOc1ccc(C)cc1. The molecule has 2 aromatic rings. The molecule has 5 nitrogen and oxygen atoms in total. The van der Waals surface area contributed by atoms with Crippen LogP contribution in [0.3, 0.4) is 0 Å². The Balaban J connectivity index is 1.95. The topological polar surface area (TPSA) is 58.6 Å². The molecule has 0 bridgehead atoms. The highest BCUT2D eigenvalue weighted by atomic mass is 35.5. The van der Waals surface area contributed by atoms with Gasteiger partial charge in [-0.1, -0.05) is 41.4 Å². The molecule has 0 fully saturated rings. The summed E-state index contributed by atoms with van der Waals surface area (Å²) in [6, 6.07) is 14.5. The molecule has 0 radical (unpaired) electrons. The monoisotopic (exact) mass is 402 g/mol. The van der Waals surface area contributed by atoms with Gasteiger partial charge in [-0.3, -0.25) is 9.59 Å². The number of carbonyl (C=O) groups is 2. The number of hydrogen-bond acceptors (Lipinski definition) is 3. The van der Waals surface area contributed by atoms with Gasteiger partial charge in [0, 0.05) is 25.0 Å². The van der Waals surface area contributed by atoms with Crippen LogP contribution in [0.15, 0.2) is 48.5 Å². The molecule has 2 rings (SSSR count). The van der Waals surface area contributed by atoms with Gasteiger partial charge in [0.1, 0.15) is 11.8 Å². The fraction of sp³-hybridized carbons (Fsp3) is 0.364. The minimum atomic E-state index is -0.575. The van der Waals surface area contributed by atoms with Gasteiger partial charge >= 0.3 is 0 Å². The van der Waals surface area contributed by atoms with Gasteiger partial charge in [-0.25, -0.2) is 0 Å². The van der Waals surface area contributed by atoms with Crippen molar-refractivity contribution in [2.24, 2.45) is 0 Å². The Morgan fingerprint density at radius 3 is 2.54 bits per heavy atom. The number of carbonyl (C=O) groups excluding carboxylic acids is 2. The van der Waals surface area contributed by atoms with Crippen LogP contribution in [-0.2, 0) is 16.1 Å². The van der Waals surface area contributed by atoms with Crippen LogP contribution in [0, 0.1) is 6.92 Å². The van der Waals surface area contributed by atoms with Gasteiger partial charge in [0.15, 0.2) is 0 Å². The summed E-state index contributed by atoms with van der Waals surface area (Å²) in [5.74, 6) is 0.488. The fourth-order valence-electron chi connectivity index (χ4n) is 2.82. The number of benzene rings is 2. The van der Waals surface area contributed by atoms with Crippen molar-refractivity contribution >= 4 is 23.4 Å². The highest BCUT2D eigenvalue weighted by molar-refractivity contribution is 6.30. The molecular formula is C22H27ClN2O3. The summed E-state index contributed by atoms with van der Waals surface area (Å²) < 4.78 is 5.69. The second-order valence-corrected chi connectivity index (χ2v) is 7.14. The summed E-state index contributed by atoms with van der Waals surface area (Å²) in [5.41, 5.74) is 2.05. The third kappa shape index (κ3) is 6.57. The molecule has 0 spiro atoms. The molecule has 1 N–H and O–H groups in total. The Morgan fingerprint density at radius 1 is 1.18 bits per heavy atom. The molecule has 150 valence electrons. The van der Waals surface area contributed by atoms with Crippen molar-refractivity contribution in [1.82, 2.24) is 10.2 Å². The lowest BCUT2D eigenvalue weighted by atomic mass is 10.1. The van der Waals surface area contributed by atoms with Crippen LogP contribution < -0.4 is 10.1 Å². The molecule has 1 atom stereocenters. The maximum absolute atomic E-state index is 12.8. The number of amides is 2. The third-order valence-electron chi connectivity index (χ3n) is 4.48. The zero-order chi connectivity index (χ0) is 20.5. The number of halogens is 1. The Labute approximate surface area is 171 Å². The molecule has 0 heterocycles. The summed E-state index contributed by atoms with van der Waals surface area (Å²) in [4.78, 5) is 26.5. The van der Waals surface area contributed by atoms with Crippen LogP contribution in [0.25, 0.3) is 0 Å². The lowest BCUT2D eigenvalue weighted by molar-refractivity contribution is -0.140. The number of aryl methyl sites for hydroxylation is 1. The number of nitrogens with one attached hydrogen (secondary N) is 1. The Kier molecular flexibility index (Phi) is 8.33. The van der Waals surface area contributed by atoms with E-state index in [0.717, 1.165) is 11.3 Å². The largest absolute Gasteiger partial charge is 0.494 e. The maximum Gasteiger partial charge on any atom is 0.242 e. The smallest absolute Gasteiger partial charge is 0.242 e. The van der Waals surface area contributed by atoms with Crippen LogP contribution in [0.4, 0.5) is 0 Å². The average Bonchev–Trinajstić information content (AvgIpc) is 2.69. The highest BCUT2D eigenvalue weighted by Crippen LogP contribution is 2.16. The van der Waals surface area contributed by atoms with E-state index in [1.165, 1.54) is 5.56 Å². The van der Waals surface area contributed by atoms with E-state index >= 15 is 0 Å². The summed E-state index contributed by atoms with van der Waals surface area (Å²) in [7, 11) is 1.57. The van der Waals surface area contributed by atoms with E-state index in [9.17, 15) is 9.59 Å². The van der Waals surface area contributed by atoms with Gasteiger partial charge in [0.2, 0.25) is 11.8 Å². The lowest BCUT2D eigenvalue weighted by Crippen LogP contribution is -2.46. The second-order valence-electron chi connectivity index (χ2n) is 6.71. The van der Waals surface area contributed by atoms with E-state index in [2.05, 4.69) is 5.32 Å². The first-order chi connectivity index (χ1) is 13.4. The number of rotatable bonds is 9. The van der Waals surface area contributed by atoms with Crippen molar-refractivity contribution in [2.45, 2.75) is 39.3 Å². The van der Waals surface area contributed by atoms with E-state index in [1.54, 1.807) is 31.0 Å². The third-order valence-corrected chi connectivity index (χ3v) is 4.72. The molecule has 2 amide bonds. The molecular weight excluding hydrogens is 376 g/mol. The molecule has 0 saturated carbocycles. The van der Waals surface area contributed by atoms with Crippen molar-refractivity contribution in [2.75, 3.05) is 13.7 Å². The van der Waals surface area contributed by atoms with Crippen molar-refractivity contribution in [3.63, 3.8) is 0 Å². The summed E-state index contributed by atoms with van der Waals surface area (Å²) in [5, 5.41) is 3.21. The normalized spacial score (nSPS) is 11.6. The fourth-order valence-corrected chi connectivity index (χ4v) is 3.03. The van der Waals surface area contributed by atoms with Crippen LogP contribution in [0.5, 0.6) is 5.75 Å². The molecule has 0 saturated heterocycles. The van der Waals surface area contributed by atoms with Gasteiger partial charge in [0.25, 0.3) is 0 Å². The summed E-state index contributed by atoms with van der Waals surface area (Å²) in [6.45, 7) is 4.51. The molecule has 0 aromatic heterocycles. The minimum absolute atomic E-state index is 0.0939. The quantitative estimate of drug-likeness (QED) is 0.645. The van der Waals surface area contributed by atoms with Crippen LogP contribution in [0.1, 0.15) is 30.9 Å². The molecule has 0 aliphatic rings. The van der Waals surface area contributed by atoms with Crippen molar-refractivity contribution in [1.29, 1.82) is 0 Å². The molecule has 28 heavy (non-hydrogen) atoms. The van der Waals surface area contributed by atoms with E-state index in [1.807, 2.05) is 43.3 Å². The van der Waals surface area contributed by atoms with Gasteiger partial charge in [-0.05, 0) is 50.1 Å². The Bertz CT molecular complexity index is 793. The van der Waals surface area contributed by atoms with Crippen molar-refractivity contribution < 1.29 is 14.3 Å². The van der Waals surface area contributed by atoms with Crippen LogP contribution in [0.2, 0.25) is 5.02 Å². The van der Waals surface area contributed by atoms with Crippen LogP contribution in [-0.4, -0.2) is 36.4 Å². The first-order valence-corrected chi connectivity index (χ1v) is 9.73. The molecule has 6 heteroatoms. The molecule has 0 unspecified atom stereocenters. The second kappa shape index (κ2) is 10.7. The standard InChI is InChI=1S/C22H27ClN2O3/c1-16-9-11-20(12-10-16)28-13-5-8-21(26)25(17(2)22(27)24-3)15-18-6-4-7-19(23)14-18/h4,6-7,9-12,14,17H,5,8,13,15H2,1-3H3,(H,24,27)/t17-/m1/s1. The number of likely N-dealkylation sites (N-methyl/N-ethyl adjacent to an activating group) is 1. The number of hydrogen-bond donors (Lipinski definition) is 1. The van der Waals surface area contributed by atoms with E-state index in [4.69, 9.17) is 16.3 Å². The van der Waals surface area contributed by atoms with E-state index < -0.39 is 6.04 Å². The first-order valence-electron chi connectivity index (χ1n) is 9.35. The summed E-state index contributed by atoms with van der Waals surface area (Å²) in [6.07, 6.45) is 0.868. The predicted octanol–water partition coefficient (Wildman–Crippen LogP) is 3.97. The summed E-state index contributed by atoms with van der Waals surface area (Å²) >= 11 is 6.05. The Hall–Kier alpha value is -2.53. The van der Waals surface area contributed by atoms with Gasteiger partial charge in [-0.15, -0.1) is 0 Å². The average molecular weight is 403 g/mol. The first kappa shape index (κ1) is 21.8. The highest BCUT2D eigenvalue weighted by Gasteiger charge is 2.25. The van der Waals surface area contributed by atoms with Gasteiger partial charge in [0.05, 0.1) is 6.61 Å². The van der Waals surface area contributed by atoms with E-state index in [-0.39, 0.29) is 11.8 Å². The maximum atomic E-state index is 12.8. The van der Waals surface area contributed by atoms with Gasteiger partial charge in [-0.2, -0.15) is 0 Å². The predicted molar refractivity (Wildman–Crippen MR) is 111 cm³/mol. The number of nitrogens with zero attached hydrogens (tertiary/aromatic N) is 1. The van der Waals surface area contributed by atoms with Gasteiger partial charge < -0.3 is 15.0 Å².